The van der Waals surface area contributed by atoms with Gasteiger partial charge in [0.1, 0.15) is 0 Å². The van der Waals surface area contributed by atoms with Crippen LogP contribution in [0, 0.1) is 0 Å². The molecule has 0 spiro atoms. The molecule has 98 valence electrons. The lowest BCUT2D eigenvalue weighted by molar-refractivity contribution is -0.146. The number of carbonyl (C=O) groups is 2. The number of carbonyl (C=O) groups excluding carboxylic acids is 1. The van der Waals surface area contributed by atoms with E-state index in [0.717, 1.165) is 0 Å². The van der Waals surface area contributed by atoms with Gasteiger partial charge < -0.3 is 15.3 Å². The molecule has 0 saturated carbocycles. The first-order valence-electron chi connectivity index (χ1n) is 5.25. The molecule has 1 unspecified atom stereocenters. The highest BCUT2D eigenvalue weighted by Gasteiger charge is 2.24. The van der Waals surface area contributed by atoms with E-state index in [-0.39, 0.29) is 29.9 Å². The standard InChI is InChI=1S/C12H13BrO5/c13-5-4-9(15)10-7(6-14)2-1-3-8(10)11(16)12(17)18/h1-3,11,14,16H,4-6H2,(H,17,18). The summed E-state index contributed by atoms with van der Waals surface area (Å²) >= 11 is 3.12. The lowest BCUT2D eigenvalue weighted by atomic mass is 9.93. The lowest BCUT2D eigenvalue weighted by Gasteiger charge is -2.14. The minimum atomic E-state index is -1.77. The van der Waals surface area contributed by atoms with Crippen molar-refractivity contribution in [3.63, 3.8) is 0 Å². The number of hydrogen-bond acceptors (Lipinski definition) is 4. The number of carboxylic acids is 1. The van der Waals surface area contributed by atoms with E-state index in [0.29, 0.717) is 10.9 Å². The maximum absolute atomic E-state index is 11.9. The maximum atomic E-state index is 11.9. The fraction of sp³-hybridized carbons (Fsp3) is 0.333. The molecule has 1 rings (SSSR count). The van der Waals surface area contributed by atoms with Crippen molar-refractivity contribution in [2.45, 2.75) is 19.1 Å². The van der Waals surface area contributed by atoms with Crippen LogP contribution in [0.1, 0.15) is 34.0 Å². The Kier molecular flexibility index (Phi) is 5.46. The first-order chi connectivity index (χ1) is 8.52. The number of ketones is 1. The normalized spacial score (nSPS) is 12.2. The van der Waals surface area contributed by atoms with Gasteiger partial charge in [-0.2, -0.15) is 0 Å². The molecule has 0 aliphatic carbocycles. The number of Topliss-reactive ketones (excluding diaryl/α,β-unsaturated/α-hetero) is 1. The van der Waals surface area contributed by atoms with E-state index in [9.17, 15) is 19.8 Å². The monoisotopic (exact) mass is 316 g/mol. The molecule has 1 aromatic rings. The molecule has 0 saturated heterocycles. The van der Waals surface area contributed by atoms with Crippen LogP contribution in [0.4, 0.5) is 0 Å². The molecule has 0 radical (unpaired) electrons. The maximum Gasteiger partial charge on any atom is 0.337 e. The zero-order valence-electron chi connectivity index (χ0n) is 9.47. The fourth-order valence-corrected chi connectivity index (χ4v) is 2.02. The summed E-state index contributed by atoms with van der Waals surface area (Å²) in [4.78, 5) is 22.7. The van der Waals surface area contributed by atoms with Crippen LogP contribution in [0.15, 0.2) is 18.2 Å². The molecule has 5 nitrogen and oxygen atoms in total. The largest absolute Gasteiger partial charge is 0.479 e. The van der Waals surface area contributed by atoms with Crippen molar-refractivity contribution in [2.75, 3.05) is 5.33 Å². The molecular weight excluding hydrogens is 304 g/mol. The van der Waals surface area contributed by atoms with Gasteiger partial charge in [-0.1, -0.05) is 34.1 Å². The summed E-state index contributed by atoms with van der Waals surface area (Å²) in [5, 5.41) is 28.0. The number of hydrogen-bond donors (Lipinski definition) is 3. The van der Waals surface area contributed by atoms with E-state index in [1.165, 1.54) is 18.2 Å². The van der Waals surface area contributed by atoms with E-state index in [2.05, 4.69) is 15.9 Å². The van der Waals surface area contributed by atoms with Crippen molar-refractivity contribution in [2.24, 2.45) is 0 Å². The van der Waals surface area contributed by atoms with E-state index in [4.69, 9.17) is 5.11 Å². The number of benzene rings is 1. The number of aliphatic hydroxyl groups is 2. The number of halogens is 1. The summed E-state index contributed by atoms with van der Waals surface area (Å²) in [6.07, 6.45) is -1.61. The van der Waals surface area contributed by atoms with Crippen LogP contribution in [0.2, 0.25) is 0 Å². The van der Waals surface area contributed by atoms with Crippen molar-refractivity contribution in [1.82, 2.24) is 0 Å². The van der Waals surface area contributed by atoms with E-state index >= 15 is 0 Å². The molecule has 0 aliphatic heterocycles. The van der Waals surface area contributed by atoms with Crippen molar-refractivity contribution in [1.29, 1.82) is 0 Å². The second kappa shape index (κ2) is 6.63. The van der Waals surface area contributed by atoms with Gasteiger partial charge in [0.25, 0.3) is 0 Å². The van der Waals surface area contributed by atoms with Crippen molar-refractivity contribution < 1.29 is 24.9 Å². The minimum absolute atomic E-state index is 0.0139. The summed E-state index contributed by atoms with van der Waals surface area (Å²) < 4.78 is 0. The molecule has 3 N–H and O–H groups in total. The third-order valence-corrected chi connectivity index (χ3v) is 2.88. The van der Waals surface area contributed by atoms with Crippen molar-refractivity contribution >= 4 is 27.7 Å². The van der Waals surface area contributed by atoms with E-state index < -0.39 is 12.1 Å². The molecule has 6 heteroatoms. The highest BCUT2D eigenvalue weighted by atomic mass is 79.9. The topological polar surface area (TPSA) is 94.8 Å². The molecule has 1 atom stereocenters. The van der Waals surface area contributed by atoms with Crippen molar-refractivity contribution in [3.05, 3.63) is 34.9 Å². The SMILES string of the molecule is O=C(CCBr)c1c(CO)cccc1C(O)C(=O)O. The molecule has 0 amide bonds. The number of rotatable bonds is 6. The highest BCUT2D eigenvalue weighted by Crippen LogP contribution is 2.24. The third-order valence-electron chi connectivity index (χ3n) is 2.48. The smallest absolute Gasteiger partial charge is 0.337 e. The van der Waals surface area contributed by atoms with Gasteiger partial charge in [0.2, 0.25) is 0 Å². The van der Waals surface area contributed by atoms with Crippen LogP contribution in [0.3, 0.4) is 0 Å². The van der Waals surface area contributed by atoms with Crippen LogP contribution in [0.25, 0.3) is 0 Å². The predicted molar refractivity (Wildman–Crippen MR) is 67.7 cm³/mol. The van der Waals surface area contributed by atoms with Gasteiger partial charge in [0.05, 0.1) is 6.61 Å². The number of carboxylic acid groups (broad SMARTS) is 1. The van der Waals surface area contributed by atoms with Crippen LogP contribution in [-0.2, 0) is 11.4 Å². The van der Waals surface area contributed by atoms with E-state index in [1.807, 2.05) is 0 Å². The minimum Gasteiger partial charge on any atom is -0.479 e. The van der Waals surface area contributed by atoms with Gasteiger partial charge >= 0.3 is 5.97 Å². The number of aliphatic hydroxyl groups excluding tert-OH is 2. The average Bonchev–Trinajstić information content (AvgIpc) is 2.36. The zero-order chi connectivity index (χ0) is 13.7. The van der Waals surface area contributed by atoms with Gasteiger partial charge in [0, 0.05) is 22.9 Å². The van der Waals surface area contributed by atoms with Gasteiger partial charge in [-0.3, -0.25) is 4.79 Å². The molecule has 0 aromatic heterocycles. The van der Waals surface area contributed by atoms with Gasteiger partial charge in [-0.05, 0) is 5.56 Å². The molecule has 0 fully saturated rings. The molecule has 18 heavy (non-hydrogen) atoms. The second-order valence-corrected chi connectivity index (χ2v) is 4.44. The third kappa shape index (κ3) is 3.16. The van der Waals surface area contributed by atoms with Crippen LogP contribution >= 0.6 is 15.9 Å². The summed E-state index contributed by atoms with van der Waals surface area (Å²) in [5.41, 5.74) is 0.424. The summed E-state index contributed by atoms with van der Waals surface area (Å²) in [7, 11) is 0. The average molecular weight is 317 g/mol. The Morgan fingerprint density at radius 1 is 1.33 bits per heavy atom. The molecular formula is C12H13BrO5. The molecule has 0 heterocycles. The quantitative estimate of drug-likeness (QED) is 0.542. The molecule has 0 bridgehead atoms. The van der Waals surface area contributed by atoms with Gasteiger partial charge in [-0.15, -0.1) is 0 Å². The second-order valence-electron chi connectivity index (χ2n) is 3.64. The lowest BCUT2D eigenvalue weighted by Crippen LogP contribution is -2.17. The Labute approximate surface area is 112 Å². The van der Waals surface area contributed by atoms with Crippen LogP contribution in [0.5, 0.6) is 0 Å². The zero-order valence-corrected chi connectivity index (χ0v) is 11.1. The van der Waals surface area contributed by atoms with Gasteiger partial charge in [-0.25, -0.2) is 4.79 Å². The predicted octanol–water partition coefficient (Wildman–Crippen LogP) is 1.26. The first-order valence-corrected chi connectivity index (χ1v) is 6.37. The highest BCUT2D eigenvalue weighted by molar-refractivity contribution is 9.09. The molecule has 1 aromatic carbocycles. The van der Waals surface area contributed by atoms with Crippen LogP contribution < -0.4 is 0 Å². The Balaban J connectivity index is 3.33. The Morgan fingerprint density at radius 3 is 2.50 bits per heavy atom. The van der Waals surface area contributed by atoms with Crippen LogP contribution in [-0.4, -0.2) is 32.4 Å². The number of alkyl halides is 1. The number of aliphatic carboxylic acids is 1. The van der Waals surface area contributed by atoms with E-state index in [1.54, 1.807) is 0 Å². The Morgan fingerprint density at radius 2 is 2.00 bits per heavy atom. The summed E-state index contributed by atoms with van der Waals surface area (Å²) in [6.45, 7) is -0.385. The van der Waals surface area contributed by atoms with Gasteiger partial charge in [0.15, 0.2) is 11.9 Å². The first kappa shape index (κ1) is 14.8. The fourth-order valence-electron chi connectivity index (χ4n) is 1.66. The summed E-state index contributed by atoms with van der Waals surface area (Å²) in [5.74, 6) is -1.75. The summed E-state index contributed by atoms with van der Waals surface area (Å²) in [6, 6.07) is 4.40. The Bertz CT molecular complexity index is 458. The molecule has 0 aliphatic rings. The Hall–Kier alpha value is -1.24. The van der Waals surface area contributed by atoms with Crippen molar-refractivity contribution in [3.8, 4) is 0 Å².